The molecule has 4 nitrogen and oxygen atoms in total. The Morgan fingerprint density at radius 3 is 2.44 bits per heavy atom. The highest BCUT2D eigenvalue weighted by Crippen LogP contribution is 2.31. The molecule has 0 aliphatic heterocycles. The second kappa shape index (κ2) is 7.95. The average molecular weight is 372 g/mol. The summed E-state index contributed by atoms with van der Waals surface area (Å²) in [5.41, 5.74) is 0.816. The number of carbonyl (C=O) groups excluding carboxylic acids is 1. The number of aryl methyl sites for hydroxylation is 1. The number of thioether (sulfide) groups is 1. The zero-order valence-electron chi connectivity index (χ0n) is 14.1. The molecule has 2 atom stereocenters. The molecule has 8 heteroatoms. The molecule has 0 saturated carbocycles. The molecule has 0 aliphatic rings. The quantitative estimate of drug-likeness (QED) is 0.786. The van der Waals surface area contributed by atoms with Crippen molar-refractivity contribution in [3.63, 3.8) is 0 Å². The van der Waals surface area contributed by atoms with Gasteiger partial charge in [0, 0.05) is 11.8 Å². The smallest absolute Gasteiger partial charge is 0.338 e. The van der Waals surface area contributed by atoms with E-state index in [-0.39, 0.29) is 17.1 Å². The molecule has 0 fully saturated rings. The molecule has 0 bridgehead atoms. The fourth-order valence-corrected chi connectivity index (χ4v) is 3.09. The minimum Gasteiger partial charge on any atom is -0.338 e. The maximum Gasteiger partial charge on any atom is 0.416 e. The lowest BCUT2D eigenvalue weighted by molar-refractivity contribution is -0.137. The molecule has 25 heavy (non-hydrogen) atoms. The number of nitrogens with zero attached hydrogens (tertiary/aromatic N) is 1. The lowest BCUT2D eigenvalue weighted by Gasteiger charge is -2.16. The number of hydrogen-bond acceptors (Lipinski definition) is 4. The van der Waals surface area contributed by atoms with Crippen LogP contribution in [-0.2, 0) is 11.0 Å². The summed E-state index contributed by atoms with van der Waals surface area (Å²) >= 11 is 1.43. The maximum absolute atomic E-state index is 12.6. The third-order valence-electron chi connectivity index (χ3n) is 3.65. The van der Waals surface area contributed by atoms with Gasteiger partial charge in [0.25, 0.3) is 0 Å². The molecule has 0 saturated heterocycles. The number of hydrogen-bond donors (Lipinski definition) is 1. The van der Waals surface area contributed by atoms with Crippen molar-refractivity contribution in [2.24, 2.45) is 0 Å². The second-order valence-electron chi connectivity index (χ2n) is 5.82. The van der Waals surface area contributed by atoms with E-state index in [0.29, 0.717) is 17.3 Å². The van der Waals surface area contributed by atoms with E-state index < -0.39 is 11.7 Å². The lowest BCUT2D eigenvalue weighted by atomic mass is 10.0. The van der Waals surface area contributed by atoms with Gasteiger partial charge < -0.3 is 4.52 Å². The van der Waals surface area contributed by atoms with Gasteiger partial charge >= 0.3 is 6.18 Å². The largest absolute Gasteiger partial charge is 0.416 e. The standard InChI is InChI=1S/C17H19F3N2O2S/c1-10(13-4-6-14(7-5-13)17(18,19)20)9-25-12(3)16(23)21-15-8-11(2)22-24-15/h4-8,10,12H,9H2,1-3H3,(H,21,23). The number of aromatic nitrogens is 1. The van der Waals surface area contributed by atoms with Crippen molar-refractivity contribution in [1.82, 2.24) is 5.16 Å². The molecule has 2 rings (SSSR count). The van der Waals surface area contributed by atoms with E-state index in [4.69, 9.17) is 4.52 Å². The Morgan fingerprint density at radius 2 is 1.92 bits per heavy atom. The SMILES string of the molecule is Cc1cc(NC(=O)C(C)SCC(C)c2ccc(C(F)(F)F)cc2)on1. The topological polar surface area (TPSA) is 55.1 Å². The van der Waals surface area contributed by atoms with E-state index in [2.05, 4.69) is 10.5 Å². The molecule has 1 aromatic carbocycles. The van der Waals surface area contributed by atoms with E-state index in [0.717, 1.165) is 17.7 Å². The zero-order chi connectivity index (χ0) is 18.6. The van der Waals surface area contributed by atoms with E-state index in [1.807, 2.05) is 6.92 Å². The van der Waals surface area contributed by atoms with Gasteiger partial charge in [0.1, 0.15) is 0 Å². The van der Waals surface area contributed by atoms with Crippen molar-refractivity contribution < 1.29 is 22.5 Å². The van der Waals surface area contributed by atoms with Gasteiger partial charge in [-0.25, -0.2) is 0 Å². The molecule has 1 aromatic heterocycles. The molecular formula is C17H19F3N2O2S. The Labute approximate surface area is 148 Å². The van der Waals surface area contributed by atoms with Gasteiger partial charge in [-0.3, -0.25) is 10.1 Å². The minimum absolute atomic E-state index is 0.0232. The third-order valence-corrected chi connectivity index (χ3v) is 5.05. The van der Waals surface area contributed by atoms with E-state index in [1.54, 1.807) is 19.9 Å². The third kappa shape index (κ3) is 5.52. The highest BCUT2D eigenvalue weighted by molar-refractivity contribution is 8.00. The Kier molecular flexibility index (Phi) is 6.16. The van der Waals surface area contributed by atoms with Crippen LogP contribution in [0.4, 0.5) is 19.1 Å². The molecule has 1 heterocycles. The lowest BCUT2D eigenvalue weighted by Crippen LogP contribution is -2.23. The van der Waals surface area contributed by atoms with E-state index in [1.165, 1.54) is 23.9 Å². The molecule has 2 aromatic rings. The predicted octanol–water partition coefficient (Wildman–Crippen LogP) is 4.87. The Morgan fingerprint density at radius 1 is 1.28 bits per heavy atom. The number of anilines is 1. The van der Waals surface area contributed by atoms with Crippen LogP contribution in [0.25, 0.3) is 0 Å². The Bertz CT molecular complexity index is 713. The van der Waals surface area contributed by atoms with Gasteiger partial charge in [-0.05, 0) is 37.5 Å². The highest BCUT2D eigenvalue weighted by atomic mass is 32.2. The number of alkyl halides is 3. The van der Waals surface area contributed by atoms with Crippen LogP contribution in [0.5, 0.6) is 0 Å². The van der Waals surface area contributed by atoms with Gasteiger partial charge in [-0.15, -0.1) is 11.8 Å². The number of nitrogens with one attached hydrogen (secondary N) is 1. The molecular weight excluding hydrogens is 353 g/mol. The molecule has 0 radical (unpaired) electrons. The maximum atomic E-state index is 12.6. The van der Waals surface area contributed by atoms with Crippen molar-refractivity contribution >= 4 is 23.6 Å². The Balaban J connectivity index is 1.86. The van der Waals surface area contributed by atoms with Crippen LogP contribution in [0.2, 0.25) is 0 Å². The summed E-state index contributed by atoms with van der Waals surface area (Å²) in [5, 5.41) is 6.00. The first-order valence-corrected chi connectivity index (χ1v) is 8.74. The molecule has 0 spiro atoms. The molecule has 0 aliphatic carbocycles. The van der Waals surface area contributed by atoms with Crippen LogP contribution in [0.15, 0.2) is 34.9 Å². The van der Waals surface area contributed by atoms with Crippen LogP contribution in [0, 0.1) is 6.92 Å². The van der Waals surface area contributed by atoms with Gasteiger partial charge in [-0.1, -0.05) is 24.2 Å². The summed E-state index contributed by atoms with van der Waals surface area (Å²) in [6, 6.07) is 6.75. The van der Waals surface area contributed by atoms with Gasteiger partial charge in [0.05, 0.1) is 16.5 Å². The zero-order valence-corrected chi connectivity index (χ0v) is 14.9. The molecule has 2 unspecified atom stereocenters. The summed E-state index contributed by atoms with van der Waals surface area (Å²) in [5.74, 6) is 0.719. The average Bonchev–Trinajstić information content (AvgIpc) is 2.96. The van der Waals surface area contributed by atoms with Gasteiger partial charge in [0.15, 0.2) is 0 Å². The highest BCUT2D eigenvalue weighted by Gasteiger charge is 2.30. The molecule has 1 amide bonds. The normalized spacial score (nSPS) is 14.2. The first-order valence-electron chi connectivity index (χ1n) is 7.69. The fraction of sp³-hybridized carbons (Fsp3) is 0.412. The van der Waals surface area contributed by atoms with Crippen LogP contribution in [0.3, 0.4) is 0 Å². The summed E-state index contributed by atoms with van der Waals surface area (Å²) < 4.78 is 42.7. The predicted molar refractivity (Wildman–Crippen MR) is 91.6 cm³/mol. The van der Waals surface area contributed by atoms with Crippen molar-refractivity contribution in [2.45, 2.75) is 38.1 Å². The summed E-state index contributed by atoms with van der Waals surface area (Å²) in [4.78, 5) is 12.1. The van der Waals surface area contributed by atoms with Crippen LogP contribution in [-0.4, -0.2) is 22.1 Å². The van der Waals surface area contributed by atoms with E-state index in [9.17, 15) is 18.0 Å². The minimum atomic E-state index is -4.33. The Hall–Kier alpha value is -1.96. The number of carbonyl (C=O) groups is 1. The second-order valence-corrected chi connectivity index (χ2v) is 7.19. The van der Waals surface area contributed by atoms with Crippen molar-refractivity contribution in [1.29, 1.82) is 0 Å². The van der Waals surface area contributed by atoms with Crippen molar-refractivity contribution in [3.8, 4) is 0 Å². The first kappa shape index (κ1) is 19.4. The van der Waals surface area contributed by atoms with Gasteiger partial charge in [0.2, 0.25) is 11.8 Å². The summed E-state index contributed by atoms with van der Waals surface area (Å²) in [7, 11) is 0. The number of benzene rings is 1. The number of halogens is 3. The number of rotatable bonds is 6. The monoisotopic (exact) mass is 372 g/mol. The first-order chi connectivity index (χ1) is 11.7. The summed E-state index contributed by atoms with van der Waals surface area (Å²) in [6.07, 6.45) is -4.33. The fourth-order valence-electron chi connectivity index (χ4n) is 2.11. The molecule has 1 N–H and O–H groups in total. The van der Waals surface area contributed by atoms with Crippen molar-refractivity contribution in [2.75, 3.05) is 11.1 Å². The van der Waals surface area contributed by atoms with Crippen LogP contribution in [0.1, 0.15) is 36.6 Å². The van der Waals surface area contributed by atoms with Crippen LogP contribution < -0.4 is 5.32 Å². The number of amides is 1. The van der Waals surface area contributed by atoms with Gasteiger partial charge in [-0.2, -0.15) is 13.2 Å². The molecule has 136 valence electrons. The van der Waals surface area contributed by atoms with E-state index >= 15 is 0 Å². The van der Waals surface area contributed by atoms with Crippen LogP contribution >= 0.6 is 11.8 Å². The summed E-state index contributed by atoms with van der Waals surface area (Å²) in [6.45, 7) is 5.44. The van der Waals surface area contributed by atoms with Crippen molar-refractivity contribution in [3.05, 3.63) is 47.2 Å².